The van der Waals surface area contributed by atoms with E-state index in [1.165, 1.54) is 17.7 Å². The molecule has 4 nitrogen and oxygen atoms in total. The number of ether oxygens (including phenoxy) is 1. The van der Waals surface area contributed by atoms with Crippen molar-refractivity contribution < 1.29 is 4.74 Å². The molecule has 1 aliphatic heterocycles. The fourth-order valence-corrected chi connectivity index (χ4v) is 3.12. The van der Waals surface area contributed by atoms with Gasteiger partial charge in [-0.25, -0.2) is 4.98 Å². The van der Waals surface area contributed by atoms with E-state index in [4.69, 9.17) is 4.74 Å². The highest BCUT2D eigenvalue weighted by Gasteiger charge is 2.28. The summed E-state index contributed by atoms with van der Waals surface area (Å²) in [5.41, 5.74) is -0.0592. The summed E-state index contributed by atoms with van der Waals surface area (Å²) in [6.07, 6.45) is 4.68. The van der Waals surface area contributed by atoms with E-state index in [9.17, 15) is 0 Å². The fourth-order valence-electron chi connectivity index (χ4n) is 2.24. The minimum Gasteiger partial charge on any atom is -0.372 e. The minimum atomic E-state index is -0.0592. The summed E-state index contributed by atoms with van der Waals surface area (Å²) in [5, 5.41) is 4.67. The Morgan fingerprint density at radius 3 is 3.11 bits per heavy atom. The largest absolute Gasteiger partial charge is 0.372 e. The maximum absolute atomic E-state index is 5.73. The summed E-state index contributed by atoms with van der Waals surface area (Å²) in [4.78, 5) is 8.23. The number of hydrogen-bond acceptors (Lipinski definition) is 5. The standard InChI is InChI=1S/C13H21N3OS/c1-13(2)9-16(5-6-17-13)12-15-8-11(18-12)7-14-10-3-4-10/h8,10,14H,3-7,9H2,1-2H3. The number of anilines is 1. The average molecular weight is 267 g/mol. The van der Waals surface area contributed by atoms with Crippen molar-refractivity contribution in [1.82, 2.24) is 10.3 Å². The van der Waals surface area contributed by atoms with Crippen LogP contribution < -0.4 is 10.2 Å². The highest BCUT2D eigenvalue weighted by molar-refractivity contribution is 7.15. The van der Waals surface area contributed by atoms with Crippen molar-refractivity contribution in [2.24, 2.45) is 0 Å². The normalized spacial score (nSPS) is 23.3. The first kappa shape index (κ1) is 12.4. The lowest BCUT2D eigenvalue weighted by Crippen LogP contribution is -2.48. The number of nitrogens with zero attached hydrogens (tertiary/aromatic N) is 2. The molecule has 1 aromatic rings. The second-order valence-corrected chi connectivity index (χ2v) is 6.89. The zero-order valence-corrected chi connectivity index (χ0v) is 11.9. The molecule has 2 aliphatic rings. The smallest absolute Gasteiger partial charge is 0.185 e. The molecule has 3 rings (SSSR count). The third kappa shape index (κ3) is 3.02. The van der Waals surface area contributed by atoms with Crippen LogP contribution in [-0.2, 0) is 11.3 Å². The molecule has 1 saturated carbocycles. The van der Waals surface area contributed by atoms with Gasteiger partial charge in [0.05, 0.1) is 12.2 Å². The van der Waals surface area contributed by atoms with Gasteiger partial charge in [0.15, 0.2) is 5.13 Å². The molecule has 100 valence electrons. The summed E-state index contributed by atoms with van der Waals surface area (Å²) >= 11 is 1.81. The van der Waals surface area contributed by atoms with Crippen molar-refractivity contribution in [3.05, 3.63) is 11.1 Å². The third-order valence-electron chi connectivity index (χ3n) is 3.38. The lowest BCUT2D eigenvalue weighted by Gasteiger charge is -2.37. The molecule has 0 spiro atoms. The monoisotopic (exact) mass is 267 g/mol. The Balaban J connectivity index is 1.60. The van der Waals surface area contributed by atoms with Gasteiger partial charge in [-0.1, -0.05) is 0 Å². The molecular formula is C13H21N3OS. The Labute approximate surface area is 112 Å². The van der Waals surface area contributed by atoms with Crippen LogP contribution in [0.4, 0.5) is 5.13 Å². The molecule has 1 saturated heterocycles. The number of thiazole rings is 1. The van der Waals surface area contributed by atoms with E-state index >= 15 is 0 Å². The quantitative estimate of drug-likeness (QED) is 0.905. The molecule has 1 aromatic heterocycles. The van der Waals surface area contributed by atoms with Crippen molar-refractivity contribution in [3.8, 4) is 0 Å². The number of nitrogens with one attached hydrogen (secondary N) is 1. The van der Waals surface area contributed by atoms with E-state index in [1.807, 2.05) is 6.20 Å². The average Bonchev–Trinajstić information content (AvgIpc) is 3.02. The zero-order chi connectivity index (χ0) is 12.6. The van der Waals surface area contributed by atoms with Crippen molar-refractivity contribution in [1.29, 1.82) is 0 Å². The minimum absolute atomic E-state index is 0.0592. The van der Waals surface area contributed by atoms with Gasteiger partial charge in [0.2, 0.25) is 0 Å². The van der Waals surface area contributed by atoms with Crippen molar-refractivity contribution in [3.63, 3.8) is 0 Å². The van der Waals surface area contributed by atoms with Crippen LogP contribution in [0.15, 0.2) is 6.20 Å². The first-order valence-corrected chi connectivity index (χ1v) is 7.51. The van der Waals surface area contributed by atoms with Crippen LogP contribution in [-0.4, -0.2) is 36.3 Å². The first-order chi connectivity index (χ1) is 8.62. The van der Waals surface area contributed by atoms with E-state index in [0.29, 0.717) is 0 Å². The molecule has 0 radical (unpaired) electrons. The molecule has 0 atom stereocenters. The van der Waals surface area contributed by atoms with E-state index in [1.54, 1.807) is 11.3 Å². The molecular weight excluding hydrogens is 246 g/mol. The Kier molecular flexibility index (Phi) is 3.30. The van der Waals surface area contributed by atoms with Crippen LogP contribution in [0, 0.1) is 0 Å². The Hall–Kier alpha value is -0.650. The van der Waals surface area contributed by atoms with Gasteiger partial charge in [0, 0.05) is 36.8 Å². The molecule has 1 aliphatic carbocycles. The number of rotatable bonds is 4. The summed E-state index contributed by atoms with van der Waals surface area (Å²) in [6.45, 7) is 7.92. The van der Waals surface area contributed by atoms with Crippen LogP contribution in [0.25, 0.3) is 0 Å². The predicted molar refractivity (Wildman–Crippen MR) is 74.2 cm³/mol. The van der Waals surface area contributed by atoms with E-state index < -0.39 is 0 Å². The molecule has 18 heavy (non-hydrogen) atoms. The molecule has 1 N–H and O–H groups in total. The summed E-state index contributed by atoms with van der Waals surface area (Å²) in [6, 6.07) is 0.762. The zero-order valence-electron chi connectivity index (χ0n) is 11.1. The second-order valence-electron chi connectivity index (χ2n) is 5.79. The molecule has 0 bridgehead atoms. The summed E-state index contributed by atoms with van der Waals surface area (Å²) < 4.78 is 5.73. The maximum atomic E-state index is 5.73. The Bertz CT molecular complexity index is 414. The maximum Gasteiger partial charge on any atom is 0.185 e. The molecule has 0 aromatic carbocycles. The van der Waals surface area contributed by atoms with Crippen LogP contribution in [0.2, 0.25) is 0 Å². The van der Waals surface area contributed by atoms with Crippen LogP contribution in [0.1, 0.15) is 31.6 Å². The van der Waals surface area contributed by atoms with Gasteiger partial charge in [-0.3, -0.25) is 0 Å². The molecule has 2 heterocycles. The summed E-state index contributed by atoms with van der Waals surface area (Å²) in [7, 11) is 0. The van der Waals surface area contributed by atoms with Crippen LogP contribution >= 0.6 is 11.3 Å². The number of hydrogen-bond donors (Lipinski definition) is 1. The van der Waals surface area contributed by atoms with Gasteiger partial charge in [0.1, 0.15) is 0 Å². The predicted octanol–water partition coefficient (Wildman–Crippen LogP) is 2.01. The van der Waals surface area contributed by atoms with Gasteiger partial charge >= 0.3 is 0 Å². The van der Waals surface area contributed by atoms with Gasteiger partial charge in [-0.15, -0.1) is 11.3 Å². The lowest BCUT2D eigenvalue weighted by atomic mass is 10.1. The topological polar surface area (TPSA) is 37.4 Å². The van der Waals surface area contributed by atoms with Gasteiger partial charge in [0.25, 0.3) is 0 Å². The van der Waals surface area contributed by atoms with Crippen molar-refractivity contribution in [2.45, 2.75) is 44.9 Å². The van der Waals surface area contributed by atoms with E-state index in [2.05, 4.69) is 29.0 Å². The Morgan fingerprint density at radius 2 is 2.39 bits per heavy atom. The van der Waals surface area contributed by atoms with E-state index in [-0.39, 0.29) is 5.60 Å². The van der Waals surface area contributed by atoms with Gasteiger partial charge in [-0.05, 0) is 26.7 Å². The molecule has 0 unspecified atom stereocenters. The van der Waals surface area contributed by atoms with Gasteiger partial charge < -0.3 is 15.0 Å². The molecule has 0 amide bonds. The lowest BCUT2D eigenvalue weighted by molar-refractivity contribution is -0.0277. The Morgan fingerprint density at radius 1 is 1.56 bits per heavy atom. The summed E-state index contributed by atoms with van der Waals surface area (Å²) in [5.74, 6) is 0. The molecule has 5 heteroatoms. The van der Waals surface area contributed by atoms with Crippen molar-refractivity contribution >= 4 is 16.5 Å². The SMILES string of the molecule is CC1(C)CN(c2ncc(CNC3CC3)s2)CCO1. The fraction of sp³-hybridized carbons (Fsp3) is 0.769. The highest BCUT2D eigenvalue weighted by atomic mass is 32.1. The first-order valence-electron chi connectivity index (χ1n) is 6.69. The molecule has 2 fully saturated rings. The number of aromatic nitrogens is 1. The second kappa shape index (κ2) is 4.79. The third-order valence-corrected chi connectivity index (χ3v) is 4.44. The van der Waals surface area contributed by atoms with Gasteiger partial charge in [-0.2, -0.15) is 0 Å². The van der Waals surface area contributed by atoms with Crippen molar-refractivity contribution in [2.75, 3.05) is 24.6 Å². The highest BCUT2D eigenvalue weighted by Crippen LogP contribution is 2.28. The van der Waals surface area contributed by atoms with E-state index in [0.717, 1.165) is 37.4 Å². The van der Waals surface area contributed by atoms with Crippen LogP contribution in [0.3, 0.4) is 0 Å². The van der Waals surface area contributed by atoms with Crippen LogP contribution in [0.5, 0.6) is 0 Å². The number of morpholine rings is 1.